The van der Waals surface area contributed by atoms with Crippen molar-refractivity contribution in [2.75, 3.05) is 0 Å². The number of fused-ring (bicyclic) bond motifs is 1. The molecule has 0 atom stereocenters. The highest BCUT2D eigenvalue weighted by atomic mass is 35.5. The third-order valence-corrected chi connectivity index (χ3v) is 4.67. The number of aryl methyl sites for hydroxylation is 1. The Bertz CT molecular complexity index is 808. The Hall–Kier alpha value is -1.51. The summed E-state index contributed by atoms with van der Waals surface area (Å²) in [7, 11) is 0. The predicted octanol–water partition coefficient (Wildman–Crippen LogP) is 6.12. The summed E-state index contributed by atoms with van der Waals surface area (Å²) in [5.74, 6) is 1.13. The smallest absolute Gasteiger partial charge is 0.110 e. The van der Waals surface area contributed by atoms with Crippen molar-refractivity contribution in [1.82, 2.24) is 9.55 Å². The van der Waals surface area contributed by atoms with Crippen molar-refractivity contribution >= 4 is 34.2 Å². The van der Waals surface area contributed by atoms with Crippen LogP contribution in [0.15, 0.2) is 42.5 Å². The Balaban J connectivity index is 1.98. The van der Waals surface area contributed by atoms with E-state index in [0.29, 0.717) is 10.0 Å². The van der Waals surface area contributed by atoms with Crippen molar-refractivity contribution < 1.29 is 0 Å². The van der Waals surface area contributed by atoms with Crippen LogP contribution in [0.2, 0.25) is 10.0 Å². The number of hydrogen-bond acceptors (Lipinski definition) is 1. The van der Waals surface area contributed by atoms with Crippen LogP contribution in [0.5, 0.6) is 0 Å². The van der Waals surface area contributed by atoms with E-state index in [4.69, 9.17) is 28.2 Å². The van der Waals surface area contributed by atoms with E-state index < -0.39 is 0 Å². The van der Waals surface area contributed by atoms with Gasteiger partial charge in [0.15, 0.2) is 0 Å². The summed E-state index contributed by atoms with van der Waals surface area (Å²) >= 11 is 12.4. The largest absolute Gasteiger partial charge is 0.323 e. The van der Waals surface area contributed by atoms with Crippen molar-refractivity contribution in [3.05, 3.63) is 63.9 Å². The molecule has 0 bridgehead atoms. The highest BCUT2D eigenvalue weighted by Gasteiger charge is 2.12. The average molecular weight is 347 g/mol. The van der Waals surface area contributed by atoms with Crippen LogP contribution in [-0.4, -0.2) is 9.55 Å². The summed E-state index contributed by atoms with van der Waals surface area (Å²) in [4.78, 5) is 4.82. The molecule has 0 spiro atoms. The minimum absolute atomic E-state index is 0.664. The van der Waals surface area contributed by atoms with E-state index in [0.717, 1.165) is 41.8 Å². The molecule has 0 aliphatic heterocycles. The number of para-hydroxylation sites is 2. The van der Waals surface area contributed by atoms with E-state index in [2.05, 4.69) is 29.7 Å². The molecule has 0 amide bonds. The second-order valence-corrected chi connectivity index (χ2v) is 6.64. The standard InChI is InChI=1S/C19H20Cl2N2/c1-2-3-4-9-19-22-17-7-5-6-8-18(17)23(19)13-14-10-11-15(20)12-16(14)21/h5-8,10-12H,2-4,9,13H2,1H3. The first-order valence-electron chi connectivity index (χ1n) is 8.07. The molecule has 0 saturated carbocycles. The highest BCUT2D eigenvalue weighted by Crippen LogP contribution is 2.25. The maximum Gasteiger partial charge on any atom is 0.110 e. The molecule has 0 N–H and O–H groups in total. The lowest BCUT2D eigenvalue weighted by molar-refractivity contribution is 0.659. The zero-order valence-corrected chi connectivity index (χ0v) is 14.7. The van der Waals surface area contributed by atoms with Crippen molar-refractivity contribution in [3.63, 3.8) is 0 Å². The van der Waals surface area contributed by atoms with E-state index in [1.165, 1.54) is 12.8 Å². The van der Waals surface area contributed by atoms with Crippen LogP contribution in [0.3, 0.4) is 0 Å². The van der Waals surface area contributed by atoms with E-state index >= 15 is 0 Å². The molecule has 3 rings (SSSR count). The molecule has 120 valence electrons. The third-order valence-electron chi connectivity index (χ3n) is 4.08. The van der Waals surface area contributed by atoms with Gasteiger partial charge in [0.05, 0.1) is 17.6 Å². The van der Waals surface area contributed by atoms with Gasteiger partial charge in [-0.15, -0.1) is 0 Å². The summed E-state index contributed by atoms with van der Waals surface area (Å²) < 4.78 is 2.28. The van der Waals surface area contributed by atoms with Crippen molar-refractivity contribution in [3.8, 4) is 0 Å². The number of aromatic nitrogens is 2. The minimum Gasteiger partial charge on any atom is -0.323 e. The Morgan fingerprint density at radius 1 is 1.04 bits per heavy atom. The summed E-state index contributed by atoms with van der Waals surface area (Å²) in [6.07, 6.45) is 4.59. The number of benzene rings is 2. The number of halogens is 2. The summed E-state index contributed by atoms with van der Waals surface area (Å²) in [6, 6.07) is 14.0. The molecule has 3 aromatic rings. The first kappa shape index (κ1) is 16.4. The van der Waals surface area contributed by atoms with Crippen LogP contribution in [0.4, 0.5) is 0 Å². The lowest BCUT2D eigenvalue weighted by Gasteiger charge is -2.11. The molecule has 0 aliphatic rings. The Morgan fingerprint density at radius 2 is 1.87 bits per heavy atom. The molecule has 2 aromatic carbocycles. The fraction of sp³-hybridized carbons (Fsp3) is 0.316. The summed E-state index contributed by atoms with van der Waals surface area (Å²) in [6.45, 7) is 2.94. The van der Waals surface area contributed by atoms with Crippen LogP contribution in [0.1, 0.15) is 37.6 Å². The zero-order valence-electron chi connectivity index (χ0n) is 13.2. The van der Waals surface area contributed by atoms with Gasteiger partial charge < -0.3 is 4.57 Å². The van der Waals surface area contributed by atoms with E-state index in [1.807, 2.05) is 18.2 Å². The molecule has 4 heteroatoms. The summed E-state index contributed by atoms with van der Waals surface area (Å²) in [5.41, 5.74) is 3.27. The van der Waals surface area contributed by atoms with Gasteiger partial charge >= 0.3 is 0 Å². The number of rotatable bonds is 6. The Morgan fingerprint density at radius 3 is 2.65 bits per heavy atom. The van der Waals surface area contributed by atoms with Crippen LogP contribution in [-0.2, 0) is 13.0 Å². The van der Waals surface area contributed by atoms with Crippen molar-refractivity contribution in [2.45, 2.75) is 39.2 Å². The number of hydrogen-bond donors (Lipinski definition) is 0. The average Bonchev–Trinajstić information content (AvgIpc) is 2.88. The second-order valence-electron chi connectivity index (χ2n) is 5.80. The highest BCUT2D eigenvalue weighted by molar-refractivity contribution is 6.35. The maximum absolute atomic E-state index is 6.36. The van der Waals surface area contributed by atoms with E-state index in [9.17, 15) is 0 Å². The van der Waals surface area contributed by atoms with Crippen molar-refractivity contribution in [1.29, 1.82) is 0 Å². The molecular weight excluding hydrogens is 327 g/mol. The van der Waals surface area contributed by atoms with Gasteiger partial charge in [0.1, 0.15) is 5.82 Å². The molecule has 2 nitrogen and oxygen atoms in total. The lowest BCUT2D eigenvalue weighted by Crippen LogP contribution is -2.06. The Kier molecular flexibility index (Phi) is 5.24. The van der Waals surface area contributed by atoms with Gasteiger partial charge in [-0.1, -0.05) is 61.2 Å². The quantitative estimate of drug-likeness (QED) is 0.491. The van der Waals surface area contributed by atoms with Gasteiger partial charge in [-0.2, -0.15) is 0 Å². The Labute approximate surface area is 147 Å². The van der Waals surface area contributed by atoms with Crippen LogP contribution in [0, 0.1) is 0 Å². The second kappa shape index (κ2) is 7.37. The fourth-order valence-electron chi connectivity index (χ4n) is 2.85. The molecule has 0 saturated heterocycles. The zero-order chi connectivity index (χ0) is 16.2. The molecule has 1 heterocycles. The summed E-state index contributed by atoms with van der Waals surface area (Å²) in [5, 5.41) is 1.37. The maximum atomic E-state index is 6.36. The van der Waals surface area contributed by atoms with Gasteiger partial charge in [-0.3, -0.25) is 0 Å². The van der Waals surface area contributed by atoms with E-state index in [1.54, 1.807) is 6.07 Å². The molecule has 0 unspecified atom stereocenters. The number of nitrogens with zero attached hydrogens (tertiary/aromatic N) is 2. The molecule has 0 aliphatic carbocycles. The van der Waals surface area contributed by atoms with Crippen molar-refractivity contribution in [2.24, 2.45) is 0 Å². The first-order valence-corrected chi connectivity index (χ1v) is 8.82. The van der Waals surface area contributed by atoms with Gasteiger partial charge in [-0.25, -0.2) is 4.98 Å². The molecule has 23 heavy (non-hydrogen) atoms. The van der Waals surface area contributed by atoms with Gasteiger partial charge in [0, 0.05) is 16.5 Å². The van der Waals surface area contributed by atoms with Gasteiger partial charge in [-0.05, 0) is 36.2 Å². The van der Waals surface area contributed by atoms with Crippen LogP contribution < -0.4 is 0 Å². The molecule has 0 radical (unpaired) electrons. The monoisotopic (exact) mass is 346 g/mol. The van der Waals surface area contributed by atoms with Crippen LogP contribution >= 0.6 is 23.2 Å². The van der Waals surface area contributed by atoms with Gasteiger partial charge in [0.2, 0.25) is 0 Å². The van der Waals surface area contributed by atoms with Crippen LogP contribution in [0.25, 0.3) is 11.0 Å². The minimum atomic E-state index is 0.664. The molecular formula is C19H20Cl2N2. The lowest BCUT2D eigenvalue weighted by atomic mass is 10.2. The molecule has 0 fully saturated rings. The number of unbranched alkanes of at least 4 members (excludes halogenated alkanes) is 2. The fourth-order valence-corrected chi connectivity index (χ4v) is 3.31. The predicted molar refractivity (Wildman–Crippen MR) is 98.5 cm³/mol. The van der Waals surface area contributed by atoms with E-state index in [-0.39, 0.29) is 0 Å². The SMILES string of the molecule is CCCCCc1nc2ccccc2n1Cc1ccc(Cl)cc1Cl. The normalized spacial score (nSPS) is 11.3. The topological polar surface area (TPSA) is 17.8 Å². The molecule has 1 aromatic heterocycles. The first-order chi connectivity index (χ1) is 11.2. The van der Waals surface area contributed by atoms with Gasteiger partial charge in [0.25, 0.3) is 0 Å². The third kappa shape index (κ3) is 3.70. The number of imidazole rings is 1.